The van der Waals surface area contributed by atoms with Gasteiger partial charge in [0, 0.05) is 38.0 Å². The van der Waals surface area contributed by atoms with Gasteiger partial charge in [-0.3, -0.25) is 14.2 Å². The van der Waals surface area contributed by atoms with Gasteiger partial charge in [0.1, 0.15) is 12.1 Å². The Kier molecular flexibility index (Phi) is 4.65. The molecule has 2 aliphatic heterocycles. The molecule has 9 nitrogen and oxygen atoms in total. The van der Waals surface area contributed by atoms with E-state index in [4.69, 9.17) is 9.72 Å². The fraction of sp³-hybridized carbons (Fsp3) is 0.318. The molecule has 2 aliphatic rings. The number of amides is 1. The van der Waals surface area contributed by atoms with Gasteiger partial charge >= 0.3 is 0 Å². The molecule has 4 heterocycles. The van der Waals surface area contributed by atoms with Crippen LogP contribution in [0.5, 0.6) is 5.75 Å². The number of ether oxygens (including phenoxy) is 1. The SMILES string of the molecule is COc1ccc(C(=O)N2CC3CC2CN3c2nc(-c3ccncn3)cc(=O)n2C)cc1. The Morgan fingerprint density at radius 2 is 1.90 bits per heavy atom. The number of likely N-dealkylation sites (tertiary alicyclic amines) is 1. The third kappa shape index (κ3) is 3.31. The van der Waals surface area contributed by atoms with E-state index in [9.17, 15) is 9.59 Å². The number of rotatable bonds is 4. The lowest BCUT2D eigenvalue weighted by Gasteiger charge is -2.35. The fourth-order valence-corrected chi connectivity index (χ4v) is 4.42. The lowest BCUT2D eigenvalue weighted by atomic mass is 10.1. The van der Waals surface area contributed by atoms with Crippen LogP contribution in [0.4, 0.5) is 5.95 Å². The molecule has 0 saturated carbocycles. The first kappa shape index (κ1) is 19.2. The molecule has 1 amide bonds. The van der Waals surface area contributed by atoms with Crippen molar-refractivity contribution in [3.05, 3.63) is 64.8 Å². The highest BCUT2D eigenvalue weighted by atomic mass is 16.5. The van der Waals surface area contributed by atoms with Crippen molar-refractivity contribution in [2.45, 2.75) is 18.5 Å². The molecule has 3 aromatic rings. The summed E-state index contributed by atoms with van der Waals surface area (Å²) in [6.07, 6.45) is 3.92. The molecule has 2 saturated heterocycles. The number of piperazine rings is 1. The zero-order chi connectivity index (χ0) is 21.5. The largest absolute Gasteiger partial charge is 0.497 e. The van der Waals surface area contributed by atoms with Crippen molar-refractivity contribution in [2.24, 2.45) is 7.05 Å². The van der Waals surface area contributed by atoms with Crippen LogP contribution in [0, 0.1) is 0 Å². The quantitative estimate of drug-likeness (QED) is 0.631. The Morgan fingerprint density at radius 3 is 2.55 bits per heavy atom. The maximum Gasteiger partial charge on any atom is 0.255 e. The molecule has 9 heteroatoms. The van der Waals surface area contributed by atoms with Crippen molar-refractivity contribution in [2.75, 3.05) is 25.1 Å². The van der Waals surface area contributed by atoms with Gasteiger partial charge in [0.15, 0.2) is 0 Å². The predicted octanol–water partition coefficient (Wildman–Crippen LogP) is 1.35. The number of fused-ring (bicyclic) bond motifs is 2. The van der Waals surface area contributed by atoms with Crippen LogP contribution in [-0.2, 0) is 7.05 Å². The summed E-state index contributed by atoms with van der Waals surface area (Å²) in [5.41, 5.74) is 1.63. The minimum Gasteiger partial charge on any atom is -0.497 e. The Labute approximate surface area is 178 Å². The first-order chi connectivity index (χ1) is 15.0. The van der Waals surface area contributed by atoms with Crippen LogP contribution in [-0.4, -0.2) is 62.6 Å². The van der Waals surface area contributed by atoms with Gasteiger partial charge < -0.3 is 14.5 Å². The van der Waals surface area contributed by atoms with Gasteiger partial charge in [-0.2, -0.15) is 0 Å². The first-order valence-corrected chi connectivity index (χ1v) is 10.1. The molecular weight excluding hydrogens is 396 g/mol. The number of aromatic nitrogens is 4. The highest BCUT2D eigenvalue weighted by Crippen LogP contribution is 2.34. The minimum atomic E-state index is -0.146. The van der Waals surface area contributed by atoms with Crippen LogP contribution < -0.4 is 15.2 Å². The van der Waals surface area contributed by atoms with E-state index in [0.717, 1.165) is 12.2 Å². The smallest absolute Gasteiger partial charge is 0.255 e. The van der Waals surface area contributed by atoms with E-state index in [0.29, 0.717) is 36.0 Å². The first-order valence-electron chi connectivity index (χ1n) is 10.1. The lowest BCUT2D eigenvalue weighted by molar-refractivity contribution is 0.0725. The third-order valence-corrected chi connectivity index (χ3v) is 6.05. The van der Waals surface area contributed by atoms with Gasteiger partial charge in [-0.05, 0) is 36.8 Å². The van der Waals surface area contributed by atoms with E-state index in [-0.39, 0.29) is 23.6 Å². The molecule has 158 valence electrons. The number of carbonyl (C=O) groups is 1. The number of benzene rings is 1. The van der Waals surface area contributed by atoms with Gasteiger partial charge in [0.25, 0.3) is 11.5 Å². The lowest BCUT2D eigenvalue weighted by Crippen LogP contribution is -2.50. The predicted molar refractivity (Wildman–Crippen MR) is 114 cm³/mol. The Balaban J connectivity index is 1.39. The van der Waals surface area contributed by atoms with E-state index >= 15 is 0 Å². The molecule has 2 atom stereocenters. The molecule has 2 fully saturated rings. The summed E-state index contributed by atoms with van der Waals surface area (Å²) in [5, 5.41) is 0. The van der Waals surface area contributed by atoms with Crippen LogP contribution in [0.15, 0.2) is 53.7 Å². The second-order valence-corrected chi connectivity index (χ2v) is 7.81. The maximum absolute atomic E-state index is 13.0. The molecule has 2 aromatic heterocycles. The van der Waals surface area contributed by atoms with Gasteiger partial charge in [-0.15, -0.1) is 0 Å². The molecule has 0 N–H and O–H groups in total. The van der Waals surface area contributed by atoms with Crippen molar-refractivity contribution in [1.29, 1.82) is 0 Å². The molecule has 2 bridgehead atoms. The van der Waals surface area contributed by atoms with Crippen LogP contribution in [0.25, 0.3) is 11.4 Å². The molecule has 0 aliphatic carbocycles. The van der Waals surface area contributed by atoms with Crippen molar-refractivity contribution in [3.63, 3.8) is 0 Å². The van der Waals surface area contributed by atoms with E-state index in [1.54, 1.807) is 55.3 Å². The monoisotopic (exact) mass is 418 g/mol. The van der Waals surface area contributed by atoms with Gasteiger partial charge in [0.2, 0.25) is 5.95 Å². The van der Waals surface area contributed by atoms with Gasteiger partial charge in [-0.1, -0.05) is 0 Å². The molecule has 0 spiro atoms. The van der Waals surface area contributed by atoms with Crippen LogP contribution in [0.2, 0.25) is 0 Å². The normalized spacial score (nSPS) is 19.7. The van der Waals surface area contributed by atoms with Crippen LogP contribution in [0.3, 0.4) is 0 Å². The Bertz CT molecular complexity index is 1180. The highest BCUT2D eigenvalue weighted by molar-refractivity contribution is 5.95. The van der Waals surface area contributed by atoms with E-state index in [1.165, 1.54) is 12.4 Å². The number of anilines is 1. The van der Waals surface area contributed by atoms with Crippen molar-refractivity contribution >= 4 is 11.9 Å². The molecule has 31 heavy (non-hydrogen) atoms. The average molecular weight is 418 g/mol. The number of carbonyl (C=O) groups excluding carboxylic acids is 1. The highest BCUT2D eigenvalue weighted by Gasteiger charge is 2.46. The second-order valence-electron chi connectivity index (χ2n) is 7.81. The topological polar surface area (TPSA) is 93.5 Å². The van der Waals surface area contributed by atoms with Crippen LogP contribution >= 0.6 is 0 Å². The third-order valence-electron chi connectivity index (χ3n) is 6.05. The van der Waals surface area contributed by atoms with Crippen molar-refractivity contribution in [3.8, 4) is 17.1 Å². The summed E-state index contributed by atoms with van der Waals surface area (Å²) in [6, 6.07) is 10.6. The summed E-state index contributed by atoms with van der Waals surface area (Å²) in [7, 11) is 3.33. The molecule has 5 rings (SSSR count). The Hall–Kier alpha value is -3.75. The standard InChI is InChI=1S/C22H22N6O3/c1-26-20(29)10-19(18-7-8-23-13-24-18)25-22(26)28-12-15-9-16(28)11-27(15)21(30)14-3-5-17(31-2)6-4-14/h3-8,10,13,15-16H,9,11-12H2,1-2H3. The molecule has 1 aromatic carbocycles. The molecular formula is C22H22N6O3. The summed E-state index contributed by atoms with van der Waals surface area (Å²) in [5.74, 6) is 1.35. The molecule has 0 radical (unpaired) electrons. The summed E-state index contributed by atoms with van der Waals surface area (Å²) in [6.45, 7) is 1.24. The summed E-state index contributed by atoms with van der Waals surface area (Å²) >= 11 is 0. The zero-order valence-electron chi connectivity index (χ0n) is 17.3. The fourth-order valence-electron chi connectivity index (χ4n) is 4.42. The van der Waals surface area contributed by atoms with Gasteiger partial charge in [-0.25, -0.2) is 15.0 Å². The molecule has 2 unspecified atom stereocenters. The van der Waals surface area contributed by atoms with Gasteiger partial charge in [0.05, 0.1) is 30.6 Å². The summed E-state index contributed by atoms with van der Waals surface area (Å²) < 4.78 is 6.73. The van der Waals surface area contributed by atoms with Crippen molar-refractivity contribution < 1.29 is 9.53 Å². The zero-order valence-corrected chi connectivity index (χ0v) is 17.3. The van der Waals surface area contributed by atoms with E-state index in [2.05, 4.69) is 14.9 Å². The number of hydrogen-bond acceptors (Lipinski definition) is 7. The van der Waals surface area contributed by atoms with E-state index in [1.807, 2.05) is 4.90 Å². The maximum atomic E-state index is 13.0. The number of hydrogen-bond donors (Lipinski definition) is 0. The van der Waals surface area contributed by atoms with Crippen molar-refractivity contribution in [1.82, 2.24) is 24.4 Å². The second kappa shape index (κ2) is 7.50. The minimum absolute atomic E-state index is 0.0198. The number of nitrogens with zero attached hydrogens (tertiary/aromatic N) is 6. The number of methoxy groups -OCH3 is 1. The van der Waals surface area contributed by atoms with E-state index < -0.39 is 0 Å². The Morgan fingerprint density at radius 1 is 1.10 bits per heavy atom. The van der Waals surface area contributed by atoms with Crippen LogP contribution in [0.1, 0.15) is 16.8 Å². The summed E-state index contributed by atoms with van der Waals surface area (Å²) in [4.78, 5) is 42.5. The average Bonchev–Trinajstić information content (AvgIpc) is 3.42.